The Kier molecular flexibility index (Phi) is 4.42. The summed E-state index contributed by atoms with van der Waals surface area (Å²) in [4.78, 5) is 14.5. The van der Waals surface area contributed by atoms with Crippen molar-refractivity contribution in [2.75, 3.05) is 14.2 Å². The number of methoxy groups -OCH3 is 2. The van der Waals surface area contributed by atoms with Crippen LogP contribution >= 0.6 is 0 Å². The summed E-state index contributed by atoms with van der Waals surface area (Å²) < 4.78 is 10.6. The fraction of sp³-hybridized carbons (Fsp3) is 0.211. The Morgan fingerprint density at radius 3 is 2.58 bits per heavy atom. The number of carboxylic acid groups (broad SMARTS) is 1. The van der Waals surface area contributed by atoms with Gasteiger partial charge in [-0.15, -0.1) is 0 Å². The number of aromatic nitrogens is 1. The quantitative estimate of drug-likeness (QED) is 0.756. The van der Waals surface area contributed by atoms with E-state index in [0.717, 1.165) is 22.0 Å². The number of carboxylic acids is 1. The van der Waals surface area contributed by atoms with E-state index in [4.69, 9.17) is 9.47 Å². The van der Waals surface area contributed by atoms with Crippen LogP contribution in [-0.2, 0) is 4.79 Å². The molecule has 1 heterocycles. The Hall–Kier alpha value is -2.95. The van der Waals surface area contributed by atoms with Crippen LogP contribution in [0.1, 0.15) is 23.5 Å². The van der Waals surface area contributed by atoms with Crippen LogP contribution in [0.3, 0.4) is 0 Å². The molecule has 2 aromatic carbocycles. The zero-order chi connectivity index (χ0) is 17.1. The molecule has 0 spiro atoms. The van der Waals surface area contributed by atoms with Gasteiger partial charge in [-0.3, -0.25) is 0 Å². The number of rotatable bonds is 6. The van der Waals surface area contributed by atoms with Gasteiger partial charge in [-0.2, -0.15) is 0 Å². The van der Waals surface area contributed by atoms with Crippen molar-refractivity contribution in [2.45, 2.75) is 12.3 Å². The SMILES string of the molecule is COc1ccc([C@H](CC(=O)[O-])c2c[nH]c3ccccc23)cc1OC. The molecule has 0 saturated carbocycles. The van der Waals surface area contributed by atoms with Gasteiger partial charge in [0.05, 0.1) is 14.2 Å². The molecule has 0 aliphatic rings. The summed E-state index contributed by atoms with van der Waals surface area (Å²) in [6.07, 6.45) is 1.74. The van der Waals surface area contributed by atoms with Crippen molar-refractivity contribution >= 4 is 16.9 Å². The third-order valence-electron chi connectivity index (χ3n) is 4.18. The second-order valence-electron chi connectivity index (χ2n) is 5.53. The molecule has 0 unspecified atom stereocenters. The molecule has 3 aromatic rings. The van der Waals surface area contributed by atoms with E-state index in [1.165, 1.54) is 0 Å². The molecule has 3 rings (SSSR count). The lowest BCUT2D eigenvalue weighted by Gasteiger charge is -2.19. The first-order chi connectivity index (χ1) is 11.6. The summed E-state index contributed by atoms with van der Waals surface area (Å²) in [5.41, 5.74) is 2.72. The number of carbonyl (C=O) groups excluding carboxylic acids is 1. The summed E-state index contributed by atoms with van der Waals surface area (Å²) in [5, 5.41) is 12.3. The molecule has 124 valence electrons. The average molecular weight is 324 g/mol. The largest absolute Gasteiger partial charge is 0.550 e. The molecule has 5 heteroatoms. The maximum absolute atomic E-state index is 11.3. The molecule has 1 N–H and O–H groups in total. The van der Waals surface area contributed by atoms with Gasteiger partial charge in [0.1, 0.15) is 0 Å². The summed E-state index contributed by atoms with van der Waals surface area (Å²) in [5.74, 6) is -0.267. The van der Waals surface area contributed by atoms with E-state index >= 15 is 0 Å². The Bertz CT molecular complexity index is 869. The lowest BCUT2D eigenvalue weighted by atomic mass is 9.88. The predicted molar refractivity (Wildman–Crippen MR) is 89.3 cm³/mol. The summed E-state index contributed by atoms with van der Waals surface area (Å²) in [6.45, 7) is 0. The van der Waals surface area contributed by atoms with Crippen LogP contribution in [-0.4, -0.2) is 25.2 Å². The van der Waals surface area contributed by atoms with Crippen molar-refractivity contribution in [3.8, 4) is 11.5 Å². The topological polar surface area (TPSA) is 74.4 Å². The van der Waals surface area contributed by atoms with Gasteiger partial charge in [-0.05, 0) is 35.7 Å². The second-order valence-corrected chi connectivity index (χ2v) is 5.53. The number of aromatic amines is 1. The maximum Gasteiger partial charge on any atom is 0.161 e. The fourth-order valence-electron chi connectivity index (χ4n) is 3.03. The molecule has 0 radical (unpaired) electrons. The van der Waals surface area contributed by atoms with Crippen molar-refractivity contribution in [1.29, 1.82) is 0 Å². The number of para-hydroxylation sites is 1. The lowest BCUT2D eigenvalue weighted by molar-refractivity contribution is -0.305. The standard InChI is InChI=1S/C19H19NO4/c1-23-17-8-7-12(9-18(17)24-2)14(10-19(21)22)15-11-20-16-6-4-3-5-13(15)16/h3-9,11,14,20H,10H2,1-2H3,(H,21,22)/p-1/t14-/m0/s1. The number of aliphatic carboxylic acids is 1. The van der Waals surface area contributed by atoms with E-state index in [1.807, 2.05) is 42.6 Å². The van der Waals surface area contributed by atoms with E-state index in [9.17, 15) is 9.90 Å². The van der Waals surface area contributed by atoms with Crippen LogP contribution in [0.5, 0.6) is 11.5 Å². The van der Waals surface area contributed by atoms with E-state index in [2.05, 4.69) is 4.98 Å². The third kappa shape index (κ3) is 2.93. The zero-order valence-electron chi connectivity index (χ0n) is 13.5. The van der Waals surface area contributed by atoms with Crippen molar-refractivity contribution in [2.24, 2.45) is 0 Å². The van der Waals surface area contributed by atoms with Gasteiger partial charge in [0, 0.05) is 29.0 Å². The van der Waals surface area contributed by atoms with Crippen molar-refractivity contribution < 1.29 is 19.4 Å². The second kappa shape index (κ2) is 6.66. The third-order valence-corrected chi connectivity index (χ3v) is 4.18. The highest BCUT2D eigenvalue weighted by atomic mass is 16.5. The molecular weight excluding hydrogens is 306 g/mol. The van der Waals surface area contributed by atoms with Crippen LogP contribution in [0.25, 0.3) is 10.9 Å². The number of nitrogens with one attached hydrogen (secondary N) is 1. The van der Waals surface area contributed by atoms with Crippen molar-refractivity contribution in [3.63, 3.8) is 0 Å². The molecule has 24 heavy (non-hydrogen) atoms. The Labute approximate surface area is 139 Å². The number of hydrogen-bond donors (Lipinski definition) is 1. The zero-order valence-corrected chi connectivity index (χ0v) is 13.5. The van der Waals surface area contributed by atoms with Crippen LogP contribution in [0, 0.1) is 0 Å². The first kappa shape index (κ1) is 15.9. The van der Waals surface area contributed by atoms with Gasteiger partial charge in [0.2, 0.25) is 0 Å². The van der Waals surface area contributed by atoms with Gasteiger partial charge in [0.25, 0.3) is 0 Å². The van der Waals surface area contributed by atoms with Crippen molar-refractivity contribution in [1.82, 2.24) is 4.98 Å². The molecule has 0 aliphatic carbocycles. The number of hydrogen-bond acceptors (Lipinski definition) is 4. The van der Waals surface area contributed by atoms with Crippen LogP contribution in [0.4, 0.5) is 0 Å². The van der Waals surface area contributed by atoms with Crippen LogP contribution < -0.4 is 14.6 Å². The van der Waals surface area contributed by atoms with E-state index in [1.54, 1.807) is 20.3 Å². The minimum absolute atomic E-state index is 0.114. The lowest BCUT2D eigenvalue weighted by Crippen LogP contribution is -2.24. The smallest absolute Gasteiger partial charge is 0.161 e. The van der Waals surface area contributed by atoms with Crippen molar-refractivity contribution in [3.05, 3.63) is 59.8 Å². The Morgan fingerprint density at radius 1 is 1.12 bits per heavy atom. The van der Waals surface area contributed by atoms with Gasteiger partial charge >= 0.3 is 0 Å². The fourth-order valence-corrected chi connectivity index (χ4v) is 3.03. The van der Waals surface area contributed by atoms with E-state index in [-0.39, 0.29) is 12.3 Å². The van der Waals surface area contributed by atoms with E-state index in [0.29, 0.717) is 11.5 Å². The molecule has 0 amide bonds. The minimum atomic E-state index is -1.10. The summed E-state index contributed by atoms with van der Waals surface area (Å²) >= 11 is 0. The van der Waals surface area contributed by atoms with Gasteiger partial charge in [-0.1, -0.05) is 24.3 Å². The number of fused-ring (bicyclic) bond motifs is 1. The highest BCUT2D eigenvalue weighted by Crippen LogP contribution is 2.37. The molecule has 0 saturated heterocycles. The highest BCUT2D eigenvalue weighted by molar-refractivity contribution is 5.85. The molecule has 1 atom stereocenters. The van der Waals surface area contributed by atoms with Gasteiger partial charge < -0.3 is 24.4 Å². The monoisotopic (exact) mass is 324 g/mol. The van der Waals surface area contributed by atoms with Gasteiger partial charge in [0.15, 0.2) is 11.5 Å². The average Bonchev–Trinajstić information content (AvgIpc) is 3.02. The predicted octanol–water partition coefficient (Wildman–Crippen LogP) is 2.46. The first-order valence-corrected chi connectivity index (χ1v) is 7.61. The molecule has 0 bridgehead atoms. The normalized spacial score (nSPS) is 12.1. The van der Waals surface area contributed by atoms with Crippen LogP contribution in [0.2, 0.25) is 0 Å². The minimum Gasteiger partial charge on any atom is -0.550 e. The number of carbonyl (C=O) groups is 1. The first-order valence-electron chi connectivity index (χ1n) is 7.61. The number of H-pyrrole nitrogens is 1. The van der Waals surface area contributed by atoms with Crippen LogP contribution in [0.15, 0.2) is 48.7 Å². The number of benzene rings is 2. The molecule has 5 nitrogen and oxygen atoms in total. The molecule has 1 aromatic heterocycles. The molecule has 0 aliphatic heterocycles. The maximum atomic E-state index is 11.3. The Morgan fingerprint density at radius 2 is 1.88 bits per heavy atom. The van der Waals surface area contributed by atoms with E-state index < -0.39 is 5.97 Å². The summed E-state index contributed by atoms with van der Waals surface area (Å²) in [7, 11) is 3.12. The molecular formula is C19H18NO4-. The number of ether oxygens (including phenoxy) is 2. The highest BCUT2D eigenvalue weighted by Gasteiger charge is 2.20. The Balaban J connectivity index is 2.12. The summed E-state index contributed by atoms with van der Waals surface area (Å²) in [6, 6.07) is 13.3. The van der Waals surface area contributed by atoms with Gasteiger partial charge in [-0.25, -0.2) is 0 Å². The molecule has 0 fully saturated rings.